The van der Waals surface area contributed by atoms with E-state index in [9.17, 15) is 4.79 Å². The molecule has 0 fully saturated rings. The van der Waals surface area contributed by atoms with E-state index < -0.39 is 0 Å². The van der Waals surface area contributed by atoms with Crippen LogP contribution < -0.4 is 10.9 Å². The Hall–Kier alpha value is -2.54. The van der Waals surface area contributed by atoms with E-state index in [-0.39, 0.29) is 17.4 Å². The molecule has 0 bridgehead atoms. The molecule has 28 heavy (non-hydrogen) atoms. The van der Waals surface area contributed by atoms with Crippen molar-refractivity contribution >= 4 is 46.1 Å². The molecule has 0 saturated carbocycles. The summed E-state index contributed by atoms with van der Waals surface area (Å²) < 4.78 is 0.998. The van der Waals surface area contributed by atoms with Gasteiger partial charge in [0.15, 0.2) is 0 Å². The number of aryl methyl sites for hydroxylation is 3. The molecule has 1 unspecified atom stereocenters. The minimum atomic E-state index is -0.280. The Kier molecular flexibility index (Phi) is 4.58. The van der Waals surface area contributed by atoms with E-state index >= 15 is 0 Å². The van der Waals surface area contributed by atoms with Gasteiger partial charge in [0.2, 0.25) is 0 Å². The first-order chi connectivity index (χ1) is 13.3. The van der Waals surface area contributed by atoms with Crippen molar-refractivity contribution in [3.63, 3.8) is 0 Å². The first kappa shape index (κ1) is 18.8. The molecule has 0 saturated heterocycles. The molecule has 0 aliphatic heterocycles. The van der Waals surface area contributed by atoms with Crippen LogP contribution in [0.5, 0.6) is 0 Å². The zero-order chi connectivity index (χ0) is 20.2. The zero-order valence-electron chi connectivity index (χ0n) is 16.7. The minimum Gasteiger partial charge on any atom is -0.389 e. The third-order valence-electron chi connectivity index (χ3n) is 5.23. The van der Waals surface area contributed by atoms with Crippen LogP contribution in [0.1, 0.15) is 29.9 Å². The van der Waals surface area contributed by atoms with Crippen LogP contribution in [-0.2, 0) is 0 Å². The van der Waals surface area contributed by atoms with Crippen molar-refractivity contribution in [2.24, 2.45) is 5.92 Å². The fourth-order valence-corrected chi connectivity index (χ4v) is 4.43. The van der Waals surface area contributed by atoms with Crippen molar-refractivity contribution in [2.75, 3.05) is 5.32 Å². The number of benzene rings is 1. The fraction of sp³-hybridized carbons (Fsp3) is 0.333. The Morgan fingerprint density at radius 1 is 1.18 bits per heavy atom. The Morgan fingerprint density at radius 2 is 1.93 bits per heavy atom. The number of hydrogen-bond donors (Lipinski definition) is 3. The summed E-state index contributed by atoms with van der Waals surface area (Å²) in [5.74, 6) is 0.478. The molecular weight excluding hydrogens is 367 g/mol. The van der Waals surface area contributed by atoms with Crippen LogP contribution >= 0.6 is 11.3 Å². The van der Waals surface area contributed by atoms with Crippen LogP contribution in [0.4, 0.5) is 5.69 Å². The van der Waals surface area contributed by atoms with Gasteiger partial charge >= 0.3 is 0 Å². The molecule has 3 aromatic heterocycles. The van der Waals surface area contributed by atoms with Gasteiger partial charge in [0.05, 0.1) is 34.8 Å². The molecule has 1 aromatic carbocycles. The van der Waals surface area contributed by atoms with E-state index in [4.69, 9.17) is 7.85 Å². The molecule has 4 aromatic rings. The van der Waals surface area contributed by atoms with Gasteiger partial charge in [-0.05, 0) is 55.9 Å². The highest BCUT2D eigenvalue weighted by Crippen LogP contribution is 2.38. The van der Waals surface area contributed by atoms with E-state index in [1.807, 2.05) is 32.0 Å². The fourth-order valence-electron chi connectivity index (χ4n) is 3.30. The van der Waals surface area contributed by atoms with Gasteiger partial charge in [-0.1, -0.05) is 19.9 Å². The molecule has 4 rings (SSSR count). The van der Waals surface area contributed by atoms with Crippen molar-refractivity contribution in [3.05, 3.63) is 44.6 Å². The second-order valence-corrected chi connectivity index (χ2v) is 8.94. The monoisotopic (exact) mass is 390 g/mol. The smallest absolute Gasteiger partial charge is 0.261 e. The normalized spacial score (nSPS) is 12.9. The average Bonchev–Trinajstić information content (AvgIpc) is 3.16. The number of pyridine rings is 1. The van der Waals surface area contributed by atoms with E-state index in [1.165, 1.54) is 4.88 Å². The number of hydrogen-bond acceptors (Lipinski definition) is 4. The molecule has 5 nitrogen and oxygen atoms in total. The third kappa shape index (κ3) is 3.03. The number of fused-ring (bicyclic) bond motifs is 2. The predicted molar refractivity (Wildman–Crippen MR) is 120 cm³/mol. The summed E-state index contributed by atoms with van der Waals surface area (Å²) in [6, 6.07) is 6.01. The van der Waals surface area contributed by atoms with Crippen molar-refractivity contribution in [2.45, 2.75) is 40.6 Å². The Bertz CT molecular complexity index is 1250. The first-order valence-electron chi connectivity index (χ1n) is 9.41. The van der Waals surface area contributed by atoms with Crippen LogP contribution in [0.15, 0.2) is 23.0 Å². The van der Waals surface area contributed by atoms with Gasteiger partial charge in [0.25, 0.3) is 5.56 Å². The molecule has 3 N–H and O–H groups in total. The van der Waals surface area contributed by atoms with Crippen LogP contribution in [0.3, 0.4) is 0 Å². The predicted octanol–water partition coefficient (Wildman–Crippen LogP) is 4.62. The maximum atomic E-state index is 13.1. The summed E-state index contributed by atoms with van der Waals surface area (Å²) in [4.78, 5) is 25.3. The number of thiophene rings is 1. The van der Waals surface area contributed by atoms with E-state index in [1.54, 1.807) is 11.3 Å². The lowest BCUT2D eigenvalue weighted by molar-refractivity contribution is 0.643. The number of rotatable bonds is 4. The molecule has 0 aliphatic carbocycles. The van der Waals surface area contributed by atoms with Gasteiger partial charge in [0.1, 0.15) is 11.4 Å². The lowest BCUT2D eigenvalue weighted by Crippen LogP contribution is -2.27. The number of H-pyrrole nitrogens is 2. The number of nitrogens with one attached hydrogen (secondary N) is 3. The molecular formula is C21H23BN4OS. The van der Waals surface area contributed by atoms with E-state index in [0.717, 1.165) is 38.1 Å². The Balaban J connectivity index is 2.02. The topological polar surface area (TPSA) is 73.6 Å². The molecule has 0 aliphatic rings. The van der Waals surface area contributed by atoms with Gasteiger partial charge in [-0.3, -0.25) is 4.79 Å². The Labute approximate surface area is 169 Å². The van der Waals surface area contributed by atoms with Crippen LogP contribution in [-0.4, -0.2) is 28.7 Å². The Morgan fingerprint density at radius 3 is 2.64 bits per heavy atom. The lowest BCUT2D eigenvalue weighted by atomic mass is 9.85. The largest absolute Gasteiger partial charge is 0.389 e. The highest BCUT2D eigenvalue weighted by Gasteiger charge is 2.22. The van der Waals surface area contributed by atoms with E-state index in [0.29, 0.717) is 11.4 Å². The first-order valence-corrected chi connectivity index (χ1v) is 10.2. The van der Waals surface area contributed by atoms with Gasteiger partial charge in [0, 0.05) is 4.88 Å². The molecule has 7 heteroatoms. The van der Waals surface area contributed by atoms with Crippen molar-refractivity contribution in [1.29, 1.82) is 0 Å². The maximum absolute atomic E-state index is 13.1. The standard InChI is InChI=1S/C21H23BN4OS/c1-9(2)19(22)25-17-15(20-23-13-7-6-10(3)8-14(13)24-20)21(27)26-16-11(4)12(5)28-18(16)17/h6-9,19H,1-5H3,(H,23,24)(H2,25,26,27). The number of nitrogens with zero attached hydrogens (tertiary/aromatic N) is 1. The van der Waals surface area contributed by atoms with Crippen LogP contribution in [0.25, 0.3) is 32.6 Å². The summed E-state index contributed by atoms with van der Waals surface area (Å²) in [6.45, 7) is 10.2. The minimum absolute atomic E-state index is 0.178. The molecule has 0 spiro atoms. The summed E-state index contributed by atoms with van der Waals surface area (Å²) in [6.07, 6.45) is 0. The highest BCUT2D eigenvalue weighted by atomic mass is 32.1. The van der Waals surface area contributed by atoms with E-state index in [2.05, 4.69) is 41.0 Å². The third-order valence-corrected chi connectivity index (χ3v) is 6.46. The summed E-state index contributed by atoms with van der Waals surface area (Å²) in [5, 5.41) is 3.40. The van der Waals surface area contributed by atoms with Gasteiger partial charge < -0.3 is 15.3 Å². The van der Waals surface area contributed by atoms with Crippen LogP contribution in [0, 0.1) is 26.7 Å². The average molecular weight is 390 g/mol. The molecule has 3 heterocycles. The summed E-state index contributed by atoms with van der Waals surface area (Å²) in [5.41, 5.74) is 5.90. The quantitative estimate of drug-likeness (QED) is 0.445. The van der Waals surface area contributed by atoms with Crippen molar-refractivity contribution in [3.8, 4) is 11.4 Å². The van der Waals surface area contributed by atoms with Gasteiger partial charge in [-0.15, -0.1) is 11.3 Å². The maximum Gasteiger partial charge on any atom is 0.261 e. The van der Waals surface area contributed by atoms with Gasteiger partial charge in [-0.25, -0.2) is 4.98 Å². The SMILES string of the molecule is [B]C(Nc1c(-c2nc3ccc(C)cc3[nH]2)c(=O)[nH]c2c(C)c(C)sc12)C(C)C. The summed E-state index contributed by atoms with van der Waals surface area (Å²) >= 11 is 1.66. The lowest BCUT2D eigenvalue weighted by Gasteiger charge is -2.21. The zero-order valence-corrected chi connectivity index (χ0v) is 17.5. The molecule has 142 valence electrons. The summed E-state index contributed by atoms with van der Waals surface area (Å²) in [7, 11) is 6.33. The second-order valence-electron chi connectivity index (χ2n) is 7.71. The molecule has 0 amide bonds. The number of aromatic amines is 2. The van der Waals surface area contributed by atoms with Crippen molar-refractivity contribution < 1.29 is 0 Å². The molecule has 1 atom stereocenters. The van der Waals surface area contributed by atoms with Crippen LogP contribution in [0.2, 0.25) is 0 Å². The highest BCUT2D eigenvalue weighted by molar-refractivity contribution is 7.19. The van der Waals surface area contributed by atoms with Crippen molar-refractivity contribution in [1.82, 2.24) is 15.0 Å². The van der Waals surface area contributed by atoms with Gasteiger partial charge in [-0.2, -0.15) is 0 Å². The molecule has 2 radical (unpaired) electrons. The second kappa shape index (κ2) is 6.81. The number of imidazole rings is 1. The number of aromatic nitrogens is 3. The number of anilines is 1.